The van der Waals surface area contributed by atoms with E-state index in [9.17, 15) is 10.1 Å². The van der Waals surface area contributed by atoms with Gasteiger partial charge in [0.2, 0.25) is 0 Å². The minimum absolute atomic E-state index is 0.00750. The van der Waals surface area contributed by atoms with Gasteiger partial charge in [0.15, 0.2) is 0 Å². The van der Waals surface area contributed by atoms with Crippen LogP contribution in [0.3, 0.4) is 0 Å². The minimum Gasteiger partial charge on any atom is -0.492 e. The van der Waals surface area contributed by atoms with Crippen LogP contribution in [0.25, 0.3) is 6.08 Å². The van der Waals surface area contributed by atoms with Gasteiger partial charge in [-0.1, -0.05) is 41.9 Å². The molecule has 0 aliphatic carbocycles. The Balaban J connectivity index is 1.64. The number of nitrogens with one attached hydrogen (secondary N) is 1. The number of nitrogens with zero attached hydrogens (tertiary/aromatic N) is 1. The molecule has 0 aromatic heterocycles. The van der Waals surface area contributed by atoms with Crippen molar-refractivity contribution in [2.45, 2.75) is 11.8 Å². The van der Waals surface area contributed by atoms with Crippen LogP contribution in [0, 0.1) is 18.3 Å². The SMILES string of the molecule is Cc1cccc(NC(=O)/C(C#N)=C/c2ccccc2OCCSc2ccc(Cl)cc2)c1. The number of thioether (sulfide) groups is 1. The van der Waals surface area contributed by atoms with Crippen LogP contribution in [0.2, 0.25) is 5.02 Å². The molecule has 6 heteroatoms. The Bertz CT molecular complexity index is 1120. The molecule has 3 rings (SSSR count). The van der Waals surface area contributed by atoms with E-state index in [1.54, 1.807) is 23.9 Å². The van der Waals surface area contributed by atoms with Gasteiger partial charge in [-0.15, -0.1) is 11.8 Å². The highest BCUT2D eigenvalue weighted by Gasteiger charge is 2.11. The summed E-state index contributed by atoms with van der Waals surface area (Å²) in [6.45, 7) is 2.42. The zero-order valence-electron chi connectivity index (χ0n) is 17.0. The summed E-state index contributed by atoms with van der Waals surface area (Å²) >= 11 is 7.57. The van der Waals surface area contributed by atoms with Crippen molar-refractivity contribution in [2.75, 3.05) is 17.7 Å². The molecule has 0 bridgehead atoms. The molecule has 31 heavy (non-hydrogen) atoms. The number of para-hydroxylation sites is 1. The number of ether oxygens (including phenoxy) is 1. The maximum atomic E-state index is 12.6. The van der Waals surface area contributed by atoms with Gasteiger partial charge in [0.1, 0.15) is 17.4 Å². The van der Waals surface area contributed by atoms with Crippen LogP contribution < -0.4 is 10.1 Å². The Kier molecular flexibility index (Phi) is 8.17. The van der Waals surface area contributed by atoms with Crippen LogP contribution in [-0.2, 0) is 4.79 Å². The van der Waals surface area contributed by atoms with E-state index >= 15 is 0 Å². The molecular formula is C25H21ClN2O2S. The largest absolute Gasteiger partial charge is 0.492 e. The summed E-state index contributed by atoms with van der Waals surface area (Å²) in [5, 5.41) is 13.0. The van der Waals surface area contributed by atoms with E-state index in [1.165, 1.54) is 0 Å². The maximum Gasteiger partial charge on any atom is 0.266 e. The number of benzene rings is 3. The second kappa shape index (κ2) is 11.3. The first-order valence-electron chi connectivity index (χ1n) is 9.65. The Morgan fingerprint density at radius 1 is 1.13 bits per heavy atom. The van der Waals surface area contributed by atoms with E-state index in [0.717, 1.165) is 16.2 Å². The summed E-state index contributed by atoms with van der Waals surface area (Å²) in [4.78, 5) is 13.7. The van der Waals surface area contributed by atoms with Crippen LogP contribution in [0.15, 0.2) is 83.3 Å². The molecule has 0 saturated heterocycles. The average molecular weight is 449 g/mol. The van der Waals surface area contributed by atoms with Crippen molar-refractivity contribution in [1.29, 1.82) is 5.26 Å². The van der Waals surface area contributed by atoms with Crippen LogP contribution >= 0.6 is 23.4 Å². The number of amides is 1. The van der Waals surface area contributed by atoms with E-state index in [4.69, 9.17) is 16.3 Å². The van der Waals surface area contributed by atoms with Gasteiger partial charge in [0.05, 0.1) is 6.61 Å². The summed E-state index contributed by atoms with van der Waals surface area (Å²) in [6.07, 6.45) is 1.55. The van der Waals surface area contributed by atoms with Crippen LogP contribution in [0.4, 0.5) is 5.69 Å². The van der Waals surface area contributed by atoms with Crippen molar-refractivity contribution in [2.24, 2.45) is 0 Å². The summed E-state index contributed by atoms with van der Waals surface area (Å²) in [6, 6.07) is 24.4. The van der Waals surface area contributed by atoms with Gasteiger partial charge in [-0.25, -0.2) is 0 Å². The van der Waals surface area contributed by atoms with E-state index in [1.807, 2.05) is 79.7 Å². The molecule has 0 heterocycles. The fourth-order valence-corrected chi connectivity index (χ4v) is 3.66. The van der Waals surface area contributed by atoms with E-state index in [2.05, 4.69) is 5.32 Å². The lowest BCUT2D eigenvalue weighted by Crippen LogP contribution is -2.13. The summed E-state index contributed by atoms with van der Waals surface area (Å²) in [7, 11) is 0. The van der Waals surface area contributed by atoms with Crippen molar-refractivity contribution >= 4 is 41.0 Å². The molecule has 3 aromatic rings. The number of halogens is 1. The van der Waals surface area contributed by atoms with Gasteiger partial charge >= 0.3 is 0 Å². The van der Waals surface area contributed by atoms with E-state index < -0.39 is 5.91 Å². The lowest BCUT2D eigenvalue weighted by Gasteiger charge is -2.10. The zero-order chi connectivity index (χ0) is 22.1. The summed E-state index contributed by atoms with van der Waals surface area (Å²) in [5.41, 5.74) is 2.36. The van der Waals surface area contributed by atoms with E-state index in [-0.39, 0.29) is 5.57 Å². The number of aryl methyl sites for hydroxylation is 1. The molecule has 3 aromatic carbocycles. The zero-order valence-corrected chi connectivity index (χ0v) is 18.5. The Morgan fingerprint density at radius 3 is 2.65 bits per heavy atom. The quantitative estimate of drug-likeness (QED) is 0.188. The molecule has 0 radical (unpaired) electrons. The molecule has 0 atom stereocenters. The van der Waals surface area contributed by atoms with Crippen molar-refractivity contribution in [3.63, 3.8) is 0 Å². The second-order valence-electron chi connectivity index (χ2n) is 6.68. The lowest BCUT2D eigenvalue weighted by molar-refractivity contribution is -0.112. The highest BCUT2D eigenvalue weighted by atomic mass is 35.5. The first kappa shape index (κ1) is 22.5. The molecule has 1 amide bonds. The number of rotatable bonds is 8. The topological polar surface area (TPSA) is 62.1 Å². The Labute approximate surface area is 191 Å². The molecule has 0 unspecified atom stereocenters. The first-order chi connectivity index (χ1) is 15.0. The predicted octanol–water partition coefficient (Wildman–Crippen LogP) is 6.37. The highest BCUT2D eigenvalue weighted by Crippen LogP contribution is 2.24. The summed E-state index contributed by atoms with van der Waals surface area (Å²) in [5.74, 6) is 0.912. The molecular weight excluding hydrogens is 428 g/mol. The van der Waals surface area contributed by atoms with Gasteiger partial charge in [-0.05, 0) is 61.0 Å². The molecule has 0 aliphatic rings. The van der Waals surface area contributed by atoms with Crippen LogP contribution in [0.5, 0.6) is 5.75 Å². The van der Waals surface area contributed by atoms with Crippen LogP contribution in [0.1, 0.15) is 11.1 Å². The Hall–Kier alpha value is -3.20. The monoisotopic (exact) mass is 448 g/mol. The summed E-state index contributed by atoms with van der Waals surface area (Å²) < 4.78 is 5.91. The maximum absolute atomic E-state index is 12.6. The fourth-order valence-electron chi connectivity index (χ4n) is 2.80. The minimum atomic E-state index is -0.457. The smallest absolute Gasteiger partial charge is 0.266 e. The molecule has 0 saturated carbocycles. The number of hydrogen-bond donors (Lipinski definition) is 1. The average Bonchev–Trinajstić information content (AvgIpc) is 2.77. The van der Waals surface area contributed by atoms with Gasteiger partial charge in [0.25, 0.3) is 5.91 Å². The number of nitriles is 1. The number of carbonyl (C=O) groups excluding carboxylic acids is 1. The third-order valence-electron chi connectivity index (χ3n) is 4.28. The predicted molar refractivity (Wildman–Crippen MR) is 128 cm³/mol. The van der Waals surface area contributed by atoms with Gasteiger partial charge in [0, 0.05) is 26.9 Å². The van der Waals surface area contributed by atoms with Crippen molar-refractivity contribution in [1.82, 2.24) is 0 Å². The fraction of sp³-hybridized carbons (Fsp3) is 0.120. The number of carbonyl (C=O) groups is 1. The van der Waals surface area contributed by atoms with Gasteiger partial charge in [-0.3, -0.25) is 4.79 Å². The lowest BCUT2D eigenvalue weighted by atomic mass is 10.1. The molecule has 156 valence electrons. The van der Waals surface area contributed by atoms with Crippen molar-refractivity contribution in [3.8, 4) is 11.8 Å². The normalized spacial score (nSPS) is 10.9. The standard InChI is InChI=1S/C25H21ClN2O2S/c1-18-5-4-7-22(15-18)28-25(29)20(17-27)16-19-6-2-3-8-24(19)30-13-14-31-23-11-9-21(26)10-12-23/h2-12,15-16H,13-14H2,1H3,(H,28,29)/b20-16+. The first-order valence-corrected chi connectivity index (χ1v) is 11.0. The second-order valence-corrected chi connectivity index (χ2v) is 8.29. The van der Waals surface area contributed by atoms with Crippen LogP contribution in [-0.4, -0.2) is 18.3 Å². The third-order valence-corrected chi connectivity index (χ3v) is 5.51. The Morgan fingerprint density at radius 2 is 1.90 bits per heavy atom. The molecule has 4 nitrogen and oxygen atoms in total. The molecule has 0 fully saturated rings. The highest BCUT2D eigenvalue weighted by molar-refractivity contribution is 7.99. The molecule has 0 spiro atoms. The van der Waals surface area contributed by atoms with Gasteiger partial charge in [-0.2, -0.15) is 5.26 Å². The third kappa shape index (κ3) is 6.92. The molecule has 0 aliphatic heterocycles. The van der Waals surface area contributed by atoms with E-state index in [0.29, 0.717) is 28.6 Å². The van der Waals surface area contributed by atoms with Crippen molar-refractivity contribution in [3.05, 3.63) is 94.5 Å². The van der Waals surface area contributed by atoms with Gasteiger partial charge < -0.3 is 10.1 Å². The number of anilines is 1. The van der Waals surface area contributed by atoms with Crippen molar-refractivity contribution < 1.29 is 9.53 Å². The molecule has 1 N–H and O–H groups in total. The number of hydrogen-bond acceptors (Lipinski definition) is 4.